The van der Waals surface area contributed by atoms with Gasteiger partial charge < -0.3 is 9.30 Å². The van der Waals surface area contributed by atoms with Gasteiger partial charge in [-0.1, -0.05) is 13.3 Å². The van der Waals surface area contributed by atoms with Crippen LogP contribution in [0.15, 0.2) is 12.4 Å². The van der Waals surface area contributed by atoms with Crippen molar-refractivity contribution in [1.29, 1.82) is 0 Å². The number of ketones is 1. The first-order valence-corrected chi connectivity index (χ1v) is 7.19. The van der Waals surface area contributed by atoms with Crippen molar-refractivity contribution < 1.29 is 9.53 Å². The molecule has 2 atom stereocenters. The predicted molar refractivity (Wildman–Crippen MR) is 74.0 cm³/mol. The van der Waals surface area contributed by atoms with Crippen LogP contribution in [0, 0.1) is 5.92 Å². The minimum Gasteiger partial charge on any atom is -0.370 e. The Morgan fingerprint density at radius 2 is 2.42 bits per heavy atom. The van der Waals surface area contributed by atoms with Gasteiger partial charge in [-0.25, -0.2) is 4.98 Å². The average molecular weight is 264 g/mol. The summed E-state index contributed by atoms with van der Waals surface area (Å²) in [4.78, 5) is 16.9. The molecule has 4 nitrogen and oxygen atoms in total. The summed E-state index contributed by atoms with van der Waals surface area (Å²) in [5.74, 6) is 1.59. The van der Waals surface area contributed by atoms with Crippen LogP contribution in [-0.4, -0.2) is 28.0 Å². The third-order valence-corrected chi connectivity index (χ3v) is 4.32. The van der Waals surface area contributed by atoms with E-state index in [9.17, 15) is 4.79 Å². The van der Waals surface area contributed by atoms with E-state index in [2.05, 4.69) is 18.8 Å². The van der Waals surface area contributed by atoms with E-state index < -0.39 is 5.60 Å². The summed E-state index contributed by atoms with van der Waals surface area (Å²) in [6.07, 6.45) is 8.02. The van der Waals surface area contributed by atoms with Gasteiger partial charge in [0.25, 0.3) is 0 Å². The first-order valence-electron chi connectivity index (χ1n) is 7.19. The first-order chi connectivity index (χ1) is 9.11. The fourth-order valence-corrected chi connectivity index (χ4v) is 3.16. The van der Waals surface area contributed by atoms with Crippen LogP contribution >= 0.6 is 0 Å². The van der Waals surface area contributed by atoms with E-state index >= 15 is 0 Å². The van der Waals surface area contributed by atoms with Crippen molar-refractivity contribution in [2.45, 2.75) is 58.1 Å². The molecule has 0 spiro atoms. The molecule has 0 radical (unpaired) electrons. The molecule has 106 valence electrons. The molecular formula is C15H24N2O2. The fourth-order valence-electron chi connectivity index (χ4n) is 3.16. The lowest BCUT2D eigenvalue weighted by atomic mass is 9.75. The van der Waals surface area contributed by atoms with Gasteiger partial charge >= 0.3 is 0 Å². The number of ether oxygens (including phenoxy) is 1. The Hall–Kier alpha value is -1.16. The first kappa shape index (κ1) is 14.3. The third-order valence-electron chi connectivity index (χ3n) is 4.32. The molecule has 1 heterocycles. The lowest BCUT2D eigenvalue weighted by molar-refractivity contribution is -0.146. The van der Waals surface area contributed by atoms with Gasteiger partial charge in [-0.3, -0.25) is 4.79 Å². The molecule has 2 rings (SSSR count). The van der Waals surface area contributed by atoms with Crippen molar-refractivity contribution in [2.75, 3.05) is 7.11 Å². The monoisotopic (exact) mass is 264 g/mol. The molecular weight excluding hydrogens is 240 g/mol. The molecule has 1 saturated carbocycles. The molecule has 0 aromatic carbocycles. The number of rotatable bonds is 5. The summed E-state index contributed by atoms with van der Waals surface area (Å²) >= 11 is 0. The van der Waals surface area contributed by atoms with Crippen molar-refractivity contribution in [1.82, 2.24) is 9.55 Å². The van der Waals surface area contributed by atoms with Gasteiger partial charge in [0.1, 0.15) is 11.4 Å². The van der Waals surface area contributed by atoms with Crippen LogP contribution in [0.25, 0.3) is 0 Å². The molecule has 1 fully saturated rings. The van der Waals surface area contributed by atoms with Crippen LogP contribution in [0.3, 0.4) is 0 Å². The van der Waals surface area contributed by atoms with Gasteiger partial charge in [0.2, 0.25) is 0 Å². The van der Waals surface area contributed by atoms with E-state index in [0.717, 1.165) is 31.6 Å². The number of methoxy groups -OCH3 is 1. The highest BCUT2D eigenvalue weighted by Gasteiger charge is 2.41. The van der Waals surface area contributed by atoms with Gasteiger partial charge in [0.05, 0.1) is 6.42 Å². The van der Waals surface area contributed by atoms with E-state index in [1.54, 1.807) is 13.3 Å². The number of carbonyl (C=O) groups is 1. The van der Waals surface area contributed by atoms with Crippen LogP contribution < -0.4 is 0 Å². The second kappa shape index (κ2) is 5.87. The van der Waals surface area contributed by atoms with Gasteiger partial charge in [-0.05, 0) is 32.1 Å². The quantitative estimate of drug-likeness (QED) is 0.821. The van der Waals surface area contributed by atoms with Crippen molar-refractivity contribution in [2.24, 2.45) is 5.92 Å². The predicted octanol–water partition coefficient (Wildman–Crippen LogP) is 2.61. The minimum atomic E-state index is -0.581. The Morgan fingerprint density at radius 1 is 1.63 bits per heavy atom. The number of Topliss-reactive ketones (excluding diaryl/α,β-unsaturated/α-hetero) is 1. The summed E-state index contributed by atoms with van der Waals surface area (Å²) in [6, 6.07) is 0. The molecule has 1 aromatic heterocycles. The van der Waals surface area contributed by atoms with Crippen molar-refractivity contribution in [3.8, 4) is 0 Å². The number of hydrogen-bond acceptors (Lipinski definition) is 3. The fraction of sp³-hybridized carbons (Fsp3) is 0.733. The van der Waals surface area contributed by atoms with E-state index in [1.165, 1.54) is 6.42 Å². The molecule has 0 bridgehead atoms. The van der Waals surface area contributed by atoms with Gasteiger partial charge in [0.15, 0.2) is 5.78 Å². The lowest BCUT2D eigenvalue weighted by Crippen LogP contribution is -2.45. The molecule has 4 heteroatoms. The number of carbonyl (C=O) groups excluding carboxylic acids is 1. The van der Waals surface area contributed by atoms with Crippen LogP contribution in [0.5, 0.6) is 0 Å². The van der Waals surface area contributed by atoms with Crippen LogP contribution in [0.2, 0.25) is 0 Å². The molecule has 1 aromatic rings. The van der Waals surface area contributed by atoms with E-state index in [0.29, 0.717) is 12.3 Å². The second-order valence-corrected chi connectivity index (χ2v) is 5.63. The van der Waals surface area contributed by atoms with Gasteiger partial charge in [-0.15, -0.1) is 0 Å². The Bertz CT molecular complexity index is 441. The number of nitrogens with zero attached hydrogens (tertiary/aromatic N) is 2. The number of aryl methyl sites for hydroxylation is 1. The molecule has 0 saturated heterocycles. The summed E-state index contributed by atoms with van der Waals surface area (Å²) in [5, 5.41) is 0. The zero-order chi connectivity index (χ0) is 13.9. The summed E-state index contributed by atoms with van der Waals surface area (Å²) in [5.41, 5.74) is -0.581. The Labute approximate surface area is 115 Å². The molecule has 1 aliphatic rings. The summed E-state index contributed by atoms with van der Waals surface area (Å²) in [7, 11) is 1.67. The number of aromatic nitrogens is 2. The maximum Gasteiger partial charge on any atom is 0.172 e. The molecule has 0 aliphatic heterocycles. The van der Waals surface area contributed by atoms with E-state index in [-0.39, 0.29) is 5.78 Å². The van der Waals surface area contributed by atoms with Crippen LogP contribution in [0.4, 0.5) is 0 Å². The Morgan fingerprint density at radius 3 is 3.05 bits per heavy atom. The summed E-state index contributed by atoms with van der Waals surface area (Å²) in [6.45, 7) is 5.11. The normalized spacial score (nSPS) is 27.4. The second-order valence-electron chi connectivity index (χ2n) is 5.63. The van der Waals surface area contributed by atoms with Crippen molar-refractivity contribution >= 4 is 5.78 Å². The molecule has 0 N–H and O–H groups in total. The average Bonchev–Trinajstić information content (AvgIpc) is 2.85. The van der Waals surface area contributed by atoms with Crippen molar-refractivity contribution in [3.05, 3.63) is 18.2 Å². The highest BCUT2D eigenvalue weighted by Crippen LogP contribution is 2.36. The van der Waals surface area contributed by atoms with Crippen LogP contribution in [0.1, 0.15) is 45.4 Å². The molecule has 1 aliphatic carbocycles. The molecule has 19 heavy (non-hydrogen) atoms. The van der Waals surface area contributed by atoms with E-state index in [4.69, 9.17) is 4.74 Å². The molecule has 2 unspecified atom stereocenters. The van der Waals surface area contributed by atoms with E-state index in [1.807, 2.05) is 10.8 Å². The SMILES string of the molecule is CCn1ccnc1CC(=O)C1(OC)CCCC(C)C1. The Kier molecular flexibility index (Phi) is 4.40. The Balaban J connectivity index is 2.13. The van der Waals surface area contributed by atoms with Crippen LogP contribution in [-0.2, 0) is 22.5 Å². The number of hydrogen-bond donors (Lipinski definition) is 0. The largest absolute Gasteiger partial charge is 0.370 e. The standard InChI is InChI=1S/C15H24N2O2/c1-4-17-9-8-16-14(17)10-13(18)15(19-3)7-5-6-12(2)11-15/h8-9,12H,4-7,10-11H2,1-3H3. The van der Waals surface area contributed by atoms with Gasteiger partial charge in [0, 0.05) is 26.0 Å². The van der Waals surface area contributed by atoms with Crippen molar-refractivity contribution in [3.63, 3.8) is 0 Å². The maximum absolute atomic E-state index is 12.7. The summed E-state index contributed by atoms with van der Waals surface area (Å²) < 4.78 is 7.67. The smallest absolute Gasteiger partial charge is 0.172 e. The maximum atomic E-state index is 12.7. The van der Waals surface area contributed by atoms with Gasteiger partial charge in [-0.2, -0.15) is 0 Å². The molecule has 0 amide bonds. The lowest BCUT2D eigenvalue weighted by Gasteiger charge is -2.37. The zero-order valence-electron chi connectivity index (χ0n) is 12.2. The minimum absolute atomic E-state index is 0.183. The highest BCUT2D eigenvalue weighted by atomic mass is 16.5. The highest BCUT2D eigenvalue weighted by molar-refractivity contribution is 5.88. The third kappa shape index (κ3) is 2.89. The zero-order valence-corrected chi connectivity index (χ0v) is 12.2. The number of imidazole rings is 1. The topological polar surface area (TPSA) is 44.1 Å².